The van der Waals surface area contributed by atoms with Gasteiger partial charge in [0.2, 0.25) is 21.7 Å². The molecule has 0 spiro atoms. The molecule has 202 valence electrons. The highest BCUT2D eigenvalue weighted by Gasteiger charge is 2.52. The molecule has 7 rings (SSSR count). The van der Waals surface area contributed by atoms with Crippen molar-refractivity contribution < 1.29 is 31.1 Å². The van der Waals surface area contributed by atoms with Crippen LogP contribution in [-0.4, -0.2) is 47.4 Å². The number of carbonyl (C=O) groups excluding carboxylic acids is 1. The maximum Gasteiger partial charge on any atom is 0.450 e. The maximum atomic E-state index is 13.4. The fourth-order valence-corrected chi connectivity index (χ4v) is 9.71. The van der Waals surface area contributed by atoms with Crippen molar-refractivity contribution in [2.45, 2.75) is 83.5 Å². The molecule has 4 saturated carbocycles. The molecule has 4 aliphatic carbocycles. The van der Waals surface area contributed by atoms with Crippen LogP contribution in [0.5, 0.6) is 0 Å². The molecule has 1 unspecified atom stereocenters. The lowest BCUT2D eigenvalue weighted by molar-refractivity contribution is -0.132. The van der Waals surface area contributed by atoms with Crippen molar-refractivity contribution in [1.29, 1.82) is 0 Å². The van der Waals surface area contributed by atoms with Crippen LogP contribution in [0.3, 0.4) is 0 Å². The van der Waals surface area contributed by atoms with Crippen molar-refractivity contribution in [2.75, 3.05) is 11.9 Å². The van der Waals surface area contributed by atoms with Crippen molar-refractivity contribution in [3.8, 4) is 0 Å². The van der Waals surface area contributed by atoms with E-state index < -0.39 is 33.0 Å². The number of allylic oxidation sites excluding steroid dienone is 1. The van der Waals surface area contributed by atoms with E-state index in [0.717, 1.165) is 41.3 Å². The van der Waals surface area contributed by atoms with E-state index in [-0.39, 0.29) is 37.3 Å². The van der Waals surface area contributed by atoms with Crippen molar-refractivity contribution in [2.24, 2.45) is 23.2 Å². The largest absolute Gasteiger partial charge is 0.485 e. The number of ether oxygens (including phenoxy) is 1. The highest BCUT2D eigenvalue weighted by molar-refractivity contribution is 7.93. The van der Waals surface area contributed by atoms with Crippen LogP contribution in [0.25, 0.3) is 0 Å². The third kappa shape index (κ3) is 4.53. The quantitative estimate of drug-likeness (QED) is 0.598. The monoisotopic (exact) mass is 540 g/mol. The van der Waals surface area contributed by atoms with Crippen LogP contribution in [0.15, 0.2) is 17.0 Å². The fraction of sp³-hybridized carbons (Fsp3) is 0.720. The smallest absolute Gasteiger partial charge is 0.450 e. The third-order valence-electron chi connectivity index (χ3n) is 8.88. The molecule has 6 aliphatic rings. The van der Waals surface area contributed by atoms with E-state index in [1.54, 1.807) is 0 Å². The zero-order chi connectivity index (χ0) is 26.2. The van der Waals surface area contributed by atoms with Gasteiger partial charge in [-0.1, -0.05) is 0 Å². The number of sulfonamides is 1. The normalized spacial score (nSPS) is 33.4. The van der Waals surface area contributed by atoms with Gasteiger partial charge in [0.25, 0.3) is 0 Å². The second-order valence-corrected chi connectivity index (χ2v) is 13.7. The predicted molar refractivity (Wildman–Crippen MR) is 127 cm³/mol. The number of halogens is 3. The Kier molecular flexibility index (Phi) is 5.87. The van der Waals surface area contributed by atoms with Gasteiger partial charge in [0.05, 0.1) is 12.2 Å². The van der Waals surface area contributed by atoms with Crippen molar-refractivity contribution in [1.82, 2.24) is 14.3 Å². The molecule has 12 heteroatoms. The van der Waals surface area contributed by atoms with Crippen molar-refractivity contribution in [3.63, 3.8) is 0 Å². The Balaban J connectivity index is 1.18. The Labute approximate surface area is 214 Å². The fourth-order valence-electron chi connectivity index (χ4n) is 7.93. The van der Waals surface area contributed by atoms with E-state index in [0.29, 0.717) is 23.5 Å². The minimum atomic E-state index is -4.89. The van der Waals surface area contributed by atoms with Crippen LogP contribution < -0.4 is 5.32 Å². The molecule has 1 aromatic rings. The highest BCUT2D eigenvalue weighted by Crippen LogP contribution is 2.61. The molecular weight excluding hydrogens is 509 g/mol. The van der Waals surface area contributed by atoms with Gasteiger partial charge >= 0.3 is 6.18 Å². The lowest BCUT2D eigenvalue weighted by atomic mass is 9.49. The zero-order valence-corrected chi connectivity index (χ0v) is 21.5. The molecule has 1 N–H and O–H groups in total. The number of hydrogen-bond acceptors (Lipinski definition) is 6. The molecular formula is C25H31F3N4O4S. The van der Waals surface area contributed by atoms with Gasteiger partial charge in [-0.2, -0.15) is 17.5 Å². The Bertz CT molecular complexity index is 1230. The number of carbonyl (C=O) groups is 1. The summed E-state index contributed by atoms with van der Waals surface area (Å²) in [5.41, 5.74) is 1.09. The van der Waals surface area contributed by atoms with E-state index in [2.05, 4.69) is 15.3 Å². The number of hydrogen-bond donors (Lipinski definition) is 1. The summed E-state index contributed by atoms with van der Waals surface area (Å²) < 4.78 is 72.5. The second-order valence-electron chi connectivity index (χ2n) is 11.8. The minimum absolute atomic E-state index is 0.0381. The minimum Gasteiger partial charge on any atom is -0.485 e. The van der Waals surface area contributed by atoms with Crippen LogP contribution in [0, 0.1) is 23.2 Å². The van der Waals surface area contributed by atoms with Crippen molar-refractivity contribution in [3.05, 3.63) is 28.2 Å². The number of nitrogens with zero attached hydrogens (tertiary/aromatic N) is 3. The lowest BCUT2D eigenvalue weighted by Crippen LogP contribution is -2.47. The zero-order valence-electron chi connectivity index (χ0n) is 20.7. The molecule has 0 radical (unpaired) electrons. The Hall–Kier alpha value is -2.21. The van der Waals surface area contributed by atoms with E-state index in [4.69, 9.17) is 4.74 Å². The first kappa shape index (κ1) is 25.1. The van der Waals surface area contributed by atoms with Crippen LogP contribution in [0.2, 0.25) is 0 Å². The topological polar surface area (TPSA) is 101 Å². The summed E-state index contributed by atoms with van der Waals surface area (Å²) in [6, 6.07) is 0. The second kappa shape index (κ2) is 8.65. The molecule has 0 saturated heterocycles. The standard InChI is InChI=1S/C25H31F3N4O4S/c1-14-4-20(22(36-14)25(26,27)28)37(34,35)32-3-2-18-19(12-32)29-13-30-23(18)31-21(33)11-24-8-15-5-16(9-24)7-17(6-15)10-24/h13-17H,2-12H2,1H3,(H,29,30,31,33). The van der Waals surface area contributed by atoms with Gasteiger partial charge < -0.3 is 10.1 Å². The average Bonchev–Trinajstić information content (AvgIpc) is 3.21. The SMILES string of the molecule is CC1CC(S(=O)(=O)N2CCc3c(ncnc3NC(=O)CC34CC5CC(CC(C5)C3)C4)C2)=C(C(F)(F)F)O1. The van der Waals surface area contributed by atoms with E-state index in [1.165, 1.54) is 32.5 Å². The van der Waals surface area contributed by atoms with E-state index in [9.17, 15) is 26.4 Å². The molecule has 8 nitrogen and oxygen atoms in total. The van der Waals surface area contributed by atoms with Gasteiger partial charge in [0.15, 0.2) is 0 Å². The number of aromatic nitrogens is 2. The summed E-state index contributed by atoms with van der Waals surface area (Å²) in [6.45, 7) is 1.18. The van der Waals surface area contributed by atoms with Gasteiger partial charge in [-0.15, -0.1) is 0 Å². The predicted octanol–water partition coefficient (Wildman–Crippen LogP) is 4.29. The number of fused-ring (bicyclic) bond motifs is 1. The Morgan fingerprint density at radius 3 is 2.43 bits per heavy atom. The highest BCUT2D eigenvalue weighted by atomic mass is 32.2. The van der Waals surface area contributed by atoms with Gasteiger partial charge in [0.1, 0.15) is 23.2 Å². The number of rotatable bonds is 5. The summed E-state index contributed by atoms with van der Waals surface area (Å²) in [6.07, 6.45) is 3.03. The van der Waals surface area contributed by atoms with E-state index in [1.807, 2.05) is 0 Å². The molecule has 1 amide bonds. The summed E-state index contributed by atoms with van der Waals surface area (Å²) in [7, 11) is -4.42. The van der Waals surface area contributed by atoms with Gasteiger partial charge in [-0.3, -0.25) is 4.79 Å². The lowest BCUT2D eigenvalue weighted by Gasteiger charge is -2.56. The maximum absolute atomic E-state index is 13.4. The summed E-state index contributed by atoms with van der Waals surface area (Å²) in [5.74, 6) is 1.05. The molecule has 2 aliphatic heterocycles. The molecule has 1 atom stereocenters. The molecule has 4 bridgehead atoms. The van der Waals surface area contributed by atoms with Gasteiger partial charge in [0, 0.05) is 24.9 Å². The molecule has 4 fully saturated rings. The Morgan fingerprint density at radius 2 is 1.81 bits per heavy atom. The summed E-state index contributed by atoms with van der Waals surface area (Å²) >= 11 is 0. The van der Waals surface area contributed by atoms with Gasteiger partial charge in [-0.05, 0) is 75.0 Å². The van der Waals surface area contributed by atoms with Crippen LogP contribution in [0.4, 0.5) is 19.0 Å². The summed E-state index contributed by atoms with van der Waals surface area (Å²) in [5, 5.41) is 2.95. The molecule has 0 aromatic carbocycles. The number of alkyl halides is 3. The molecule has 3 heterocycles. The first-order valence-corrected chi connectivity index (χ1v) is 14.5. The molecule has 1 aromatic heterocycles. The number of anilines is 1. The number of amides is 1. The van der Waals surface area contributed by atoms with Gasteiger partial charge in [-0.25, -0.2) is 18.4 Å². The van der Waals surface area contributed by atoms with Crippen LogP contribution in [0.1, 0.15) is 69.5 Å². The van der Waals surface area contributed by atoms with Crippen LogP contribution in [-0.2, 0) is 32.5 Å². The Morgan fingerprint density at radius 1 is 1.16 bits per heavy atom. The third-order valence-corrected chi connectivity index (χ3v) is 10.9. The van der Waals surface area contributed by atoms with Crippen LogP contribution >= 0.6 is 0 Å². The number of nitrogens with one attached hydrogen (secondary N) is 1. The average molecular weight is 541 g/mol. The molecule has 37 heavy (non-hydrogen) atoms. The first-order chi connectivity index (χ1) is 17.4. The van der Waals surface area contributed by atoms with Crippen molar-refractivity contribution >= 4 is 21.7 Å². The first-order valence-electron chi connectivity index (χ1n) is 13.0. The summed E-state index contributed by atoms with van der Waals surface area (Å²) in [4.78, 5) is 20.9. The van der Waals surface area contributed by atoms with E-state index >= 15 is 0 Å².